The molecule has 3 aromatic carbocycles. The molecule has 4 rings (SSSR count). The van der Waals surface area contributed by atoms with Crippen molar-refractivity contribution in [1.29, 1.82) is 0 Å². The molecule has 0 spiro atoms. The molecule has 0 bridgehead atoms. The van der Waals surface area contributed by atoms with E-state index in [4.69, 9.17) is 11.6 Å². The van der Waals surface area contributed by atoms with Gasteiger partial charge in [-0.25, -0.2) is 8.42 Å². The highest BCUT2D eigenvalue weighted by atomic mass is 79.9. The lowest BCUT2D eigenvalue weighted by Crippen LogP contribution is -2.26. The average molecular weight is 536 g/mol. The Balaban J connectivity index is 1.60. The number of hydrogen-bond donors (Lipinski definition) is 1. The van der Waals surface area contributed by atoms with Crippen LogP contribution >= 0.6 is 38.9 Å². The number of carbonyl (C=O) groups excluding carboxylic acids is 1. The Labute approximate surface area is 197 Å². The van der Waals surface area contributed by atoms with E-state index in [-0.39, 0.29) is 10.8 Å². The van der Waals surface area contributed by atoms with Crippen molar-refractivity contribution >= 4 is 76.3 Å². The Hall–Kier alpha value is -2.39. The molecule has 31 heavy (non-hydrogen) atoms. The van der Waals surface area contributed by atoms with Crippen molar-refractivity contribution in [3.8, 4) is 0 Å². The number of amides is 1. The second kappa shape index (κ2) is 8.63. The van der Waals surface area contributed by atoms with Crippen molar-refractivity contribution in [3.05, 3.63) is 87.2 Å². The number of benzene rings is 3. The van der Waals surface area contributed by atoms with Gasteiger partial charge in [-0.1, -0.05) is 27.5 Å². The molecular weight excluding hydrogens is 520 g/mol. The number of thiophene rings is 1. The maximum absolute atomic E-state index is 13.0. The largest absolute Gasteiger partial charge is 0.321 e. The van der Waals surface area contributed by atoms with Gasteiger partial charge in [0.2, 0.25) is 0 Å². The Morgan fingerprint density at radius 1 is 1.00 bits per heavy atom. The molecule has 5 nitrogen and oxygen atoms in total. The van der Waals surface area contributed by atoms with Crippen LogP contribution in [0, 0.1) is 0 Å². The molecule has 1 N–H and O–H groups in total. The van der Waals surface area contributed by atoms with Crippen LogP contribution in [0.25, 0.3) is 10.1 Å². The Morgan fingerprint density at radius 3 is 2.35 bits per heavy atom. The SMILES string of the molecule is CN(c1ccc2sc(C(=O)Nc3ccc(Cl)cc3)cc2c1)S(=O)(=O)c1ccc(Br)cc1. The van der Waals surface area contributed by atoms with E-state index in [9.17, 15) is 13.2 Å². The second-order valence-electron chi connectivity index (χ2n) is 6.72. The van der Waals surface area contributed by atoms with Gasteiger partial charge in [0, 0.05) is 26.9 Å². The first kappa shape index (κ1) is 21.8. The molecule has 0 unspecified atom stereocenters. The van der Waals surface area contributed by atoms with Gasteiger partial charge in [-0.2, -0.15) is 0 Å². The third-order valence-corrected chi connectivity index (χ3v) is 8.36. The number of anilines is 2. The van der Waals surface area contributed by atoms with Gasteiger partial charge >= 0.3 is 0 Å². The number of fused-ring (bicyclic) bond motifs is 1. The van der Waals surface area contributed by atoms with Crippen LogP contribution in [0.5, 0.6) is 0 Å². The molecule has 0 saturated carbocycles. The molecule has 1 amide bonds. The summed E-state index contributed by atoms with van der Waals surface area (Å²) in [7, 11) is -2.19. The smallest absolute Gasteiger partial charge is 0.265 e. The number of hydrogen-bond acceptors (Lipinski definition) is 4. The maximum Gasteiger partial charge on any atom is 0.265 e. The molecule has 0 radical (unpaired) electrons. The van der Waals surface area contributed by atoms with Crippen molar-refractivity contribution in [2.24, 2.45) is 0 Å². The fourth-order valence-corrected chi connectivity index (χ4v) is 5.48. The van der Waals surface area contributed by atoms with E-state index in [0.717, 1.165) is 14.6 Å². The van der Waals surface area contributed by atoms with Gasteiger partial charge in [0.15, 0.2) is 0 Å². The average Bonchev–Trinajstić information content (AvgIpc) is 3.18. The molecule has 1 aromatic heterocycles. The predicted molar refractivity (Wildman–Crippen MR) is 131 cm³/mol. The zero-order chi connectivity index (χ0) is 22.2. The summed E-state index contributed by atoms with van der Waals surface area (Å²) in [5.41, 5.74) is 1.16. The van der Waals surface area contributed by atoms with Crippen LogP contribution in [0.1, 0.15) is 9.67 Å². The third kappa shape index (κ3) is 4.62. The van der Waals surface area contributed by atoms with E-state index in [1.54, 1.807) is 66.7 Å². The summed E-state index contributed by atoms with van der Waals surface area (Å²) in [5.74, 6) is -0.235. The fraction of sp³-hybridized carbons (Fsp3) is 0.0455. The number of sulfonamides is 1. The molecule has 0 aliphatic carbocycles. The molecular formula is C22H16BrClN2O3S2. The molecule has 158 valence electrons. The van der Waals surface area contributed by atoms with Gasteiger partial charge in [0.1, 0.15) is 0 Å². The molecule has 1 heterocycles. The van der Waals surface area contributed by atoms with Crippen LogP contribution in [-0.4, -0.2) is 21.4 Å². The first-order valence-corrected chi connectivity index (χ1v) is 12.5. The van der Waals surface area contributed by atoms with Gasteiger partial charge in [-0.15, -0.1) is 11.3 Å². The lowest BCUT2D eigenvalue weighted by atomic mass is 10.2. The zero-order valence-electron chi connectivity index (χ0n) is 16.2. The third-order valence-electron chi connectivity index (χ3n) is 4.66. The number of nitrogens with zero attached hydrogens (tertiary/aromatic N) is 1. The first-order valence-electron chi connectivity index (χ1n) is 9.09. The summed E-state index contributed by atoms with van der Waals surface area (Å²) in [6.07, 6.45) is 0. The summed E-state index contributed by atoms with van der Waals surface area (Å²) in [6, 6.07) is 20.4. The number of rotatable bonds is 5. The van der Waals surface area contributed by atoms with Crippen molar-refractivity contribution in [2.75, 3.05) is 16.7 Å². The molecule has 9 heteroatoms. The van der Waals surface area contributed by atoms with Gasteiger partial charge in [0.25, 0.3) is 15.9 Å². The van der Waals surface area contributed by atoms with E-state index in [1.165, 1.54) is 22.7 Å². The molecule has 0 aliphatic heterocycles. The van der Waals surface area contributed by atoms with Crippen LogP contribution in [-0.2, 0) is 10.0 Å². The lowest BCUT2D eigenvalue weighted by molar-refractivity contribution is 0.103. The normalized spacial score (nSPS) is 11.5. The zero-order valence-corrected chi connectivity index (χ0v) is 20.1. The Kier molecular flexibility index (Phi) is 6.07. The summed E-state index contributed by atoms with van der Waals surface area (Å²) < 4.78 is 28.8. The van der Waals surface area contributed by atoms with E-state index in [1.807, 2.05) is 6.07 Å². The summed E-state index contributed by atoms with van der Waals surface area (Å²) >= 11 is 10.5. The minimum absolute atomic E-state index is 0.201. The van der Waals surface area contributed by atoms with Crippen molar-refractivity contribution in [3.63, 3.8) is 0 Å². The second-order valence-corrected chi connectivity index (χ2v) is 11.1. The molecule has 4 aromatic rings. The number of halogens is 2. The van der Waals surface area contributed by atoms with Crippen molar-refractivity contribution in [1.82, 2.24) is 0 Å². The van der Waals surface area contributed by atoms with Crippen LogP contribution in [0.15, 0.2) is 82.2 Å². The van der Waals surface area contributed by atoms with E-state index >= 15 is 0 Å². The molecule has 0 saturated heterocycles. The van der Waals surface area contributed by atoms with Crippen LogP contribution in [0.4, 0.5) is 11.4 Å². The molecule has 0 fully saturated rings. The first-order chi connectivity index (χ1) is 14.7. The monoisotopic (exact) mass is 534 g/mol. The topological polar surface area (TPSA) is 66.5 Å². The quantitative estimate of drug-likeness (QED) is 0.322. The minimum atomic E-state index is -3.71. The predicted octanol–water partition coefficient (Wildman–Crippen LogP) is 6.39. The molecule has 0 aliphatic rings. The van der Waals surface area contributed by atoms with E-state index in [2.05, 4.69) is 21.2 Å². The van der Waals surface area contributed by atoms with E-state index in [0.29, 0.717) is 21.3 Å². The van der Waals surface area contributed by atoms with Gasteiger partial charge in [-0.3, -0.25) is 9.10 Å². The van der Waals surface area contributed by atoms with Gasteiger partial charge in [0.05, 0.1) is 15.5 Å². The Morgan fingerprint density at radius 2 is 1.68 bits per heavy atom. The molecule has 0 atom stereocenters. The van der Waals surface area contributed by atoms with Crippen LogP contribution in [0.2, 0.25) is 5.02 Å². The minimum Gasteiger partial charge on any atom is -0.321 e. The maximum atomic E-state index is 13.0. The van der Waals surface area contributed by atoms with Crippen LogP contribution < -0.4 is 9.62 Å². The summed E-state index contributed by atoms with van der Waals surface area (Å²) in [5, 5.41) is 4.22. The highest BCUT2D eigenvalue weighted by molar-refractivity contribution is 9.10. The van der Waals surface area contributed by atoms with Gasteiger partial charge in [-0.05, 0) is 78.2 Å². The number of nitrogens with one attached hydrogen (secondary N) is 1. The van der Waals surface area contributed by atoms with E-state index < -0.39 is 10.0 Å². The lowest BCUT2D eigenvalue weighted by Gasteiger charge is -2.19. The standard InChI is InChI=1S/C22H16BrClN2O3S2/c1-26(31(28,29)19-9-2-15(23)3-10-19)18-8-11-20-14(12-18)13-21(30-20)22(27)25-17-6-4-16(24)5-7-17/h2-13H,1H3,(H,25,27). The fourth-order valence-electron chi connectivity index (χ4n) is 2.97. The van der Waals surface area contributed by atoms with Crippen LogP contribution in [0.3, 0.4) is 0 Å². The highest BCUT2D eigenvalue weighted by Crippen LogP contribution is 2.32. The Bertz CT molecular complexity index is 1370. The number of carbonyl (C=O) groups is 1. The van der Waals surface area contributed by atoms with Crippen molar-refractivity contribution in [2.45, 2.75) is 4.90 Å². The summed E-state index contributed by atoms with van der Waals surface area (Å²) in [6.45, 7) is 0. The van der Waals surface area contributed by atoms with Gasteiger partial charge < -0.3 is 5.32 Å². The van der Waals surface area contributed by atoms with Crippen molar-refractivity contribution < 1.29 is 13.2 Å². The highest BCUT2D eigenvalue weighted by Gasteiger charge is 2.22. The summed E-state index contributed by atoms with van der Waals surface area (Å²) in [4.78, 5) is 13.3.